The summed E-state index contributed by atoms with van der Waals surface area (Å²) in [6.45, 7) is 5.93. The molecule has 5 atom stereocenters. The summed E-state index contributed by atoms with van der Waals surface area (Å²) in [7, 11) is 0. The second-order valence-electron chi connectivity index (χ2n) is 15.8. The number of hydrogen-bond acceptors (Lipinski definition) is 11. The second kappa shape index (κ2) is 26.1. The van der Waals surface area contributed by atoms with Gasteiger partial charge in [-0.25, -0.2) is 9.59 Å². The third kappa shape index (κ3) is 18.8. The highest BCUT2D eigenvalue weighted by molar-refractivity contribution is 5.95. The Kier molecular flexibility index (Phi) is 20.4. The highest BCUT2D eigenvalue weighted by Crippen LogP contribution is 2.12. The Bertz CT molecular complexity index is 2070. The summed E-state index contributed by atoms with van der Waals surface area (Å²) >= 11 is 0. The molecular weight excluding hydrogens is 825 g/mol. The molecule has 5 N–H and O–H groups in total. The van der Waals surface area contributed by atoms with Crippen LogP contribution in [0.3, 0.4) is 0 Å². The number of carboxylic acids is 1. The molecule has 0 saturated heterocycles. The number of rotatable bonds is 25. The van der Waals surface area contributed by atoms with Crippen molar-refractivity contribution in [3.05, 3.63) is 144 Å². The summed E-state index contributed by atoms with van der Waals surface area (Å²) in [6, 6.07) is 30.3. The van der Waals surface area contributed by atoms with Crippen LogP contribution < -0.4 is 21.3 Å². The van der Waals surface area contributed by atoms with Gasteiger partial charge in [-0.05, 0) is 56.4 Å². The van der Waals surface area contributed by atoms with Crippen LogP contribution >= 0.6 is 0 Å². The average Bonchev–Trinajstić information content (AvgIpc) is 3.27. The standard InChI is InChI=1S/C48H58N4O12/c1-33(62-29-36-21-13-7-14-22-36)42(52-47(59)64-48(2,3)4)45(56)51-40(32-61-28-35-19-11-6-12-20-35)44(55)50-39(31-60-27-34-17-9-5-10-18-34)43(54)49-38(46(57)58)25-26-41(53)63-30-37-23-15-8-16-24-37/h5-24,33,38-40,42H,25-32H2,1-4H3,(H,49,54)(H,50,55)(H,51,56)(H,52,59)(H,57,58)/t33-,38+,39+,40+,42+/m1/s1. The maximum absolute atomic E-state index is 14.2. The van der Waals surface area contributed by atoms with Gasteiger partial charge in [-0.3, -0.25) is 19.2 Å². The van der Waals surface area contributed by atoms with E-state index >= 15 is 0 Å². The van der Waals surface area contributed by atoms with E-state index in [2.05, 4.69) is 21.3 Å². The fourth-order valence-electron chi connectivity index (χ4n) is 5.97. The van der Waals surface area contributed by atoms with Gasteiger partial charge in [-0.15, -0.1) is 0 Å². The summed E-state index contributed by atoms with van der Waals surface area (Å²) in [5.74, 6) is -4.76. The smallest absolute Gasteiger partial charge is 0.408 e. The van der Waals surface area contributed by atoms with Crippen molar-refractivity contribution in [1.29, 1.82) is 0 Å². The summed E-state index contributed by atoms with van der Waals surface area (Å²) in [5.41, 5.74) is 2.18. The number of carbonyl (C=O) groups is 6. The summed E-state index contributed by atoms with van der Waals surface area (Å²) in [4.78, 5) is 80.2. The molecule has 0 aliphatic carbocycles. The quantitative estimate of drug-likeness (QED) is 0.0558. The Hall–Kier alpha value is -6.62. The van der Waals surface area contributed by atoms with Gasteiger partial charge >= 0.3 is 18.0 Å². The minimum Gasteiger partial charge on any atom is -0.480 e. The minimum atomic E-state index is -1.55. The molecule has 4 amide bonds. The van der Waals surface area contributed by atoms with Crippen LogP contribution in [0.4, 0.5) is 4.79 Å². The molecule has 0 saturated carbocycles. The number of hydrogen-bond donors (Lipinski definition) is 5. The van der Waals surface area contributed by atoms with Crippen molar-refractivity contribution in [2.24, 2.45) is 0 Å². The zero-order chi connectivity index (χ0) is 46.3. The Labute approximate surface area is 373 Å². The van der Waals surface area contributed by atoms with Crippen LogP contribution in [0.2, 0.25) is 0 Å². The molecule has 0 unspecified atom stereocenters. The van der Waals surface area contributed by atoms with Crippen LogP contribution in [0.5, 0.6) is 0 Å². The SMILES string of the molecule is C[C@@H](OCc1ccccc1)[C@H](NC(=O)OC(C)(C)C)C(=O)N[C@@H](COCc1ccccc1)C(=O)N[C@@H](COCc1ccccc1)C(=O)N[C@@H](CCC(=O)OCc1ccccc1)C(=O)O. The normalized spacial score (nSPS) is 13.5. The zero-order valence-electron chi connectivity index (χ0n) is 36.5. The van der Waals surface area contributed by atoms with Crippen molar-refractivity contribution in [1.82, 2.24) is 21.3 Å². The van der Waals surface area contributed by atoms with Crippen LogP contribution in [-0.4, -0.2) is 89.9 Å². The van der Waals surface area contributed by atoms with E-state index in [0.29, 0.717) is 0 Å². The fraction of sp³-hybridized carbons (Fsp3) is 0.375. The first-order valence-electron chi connectivity index (χ1n) is 20.9. The van der Waals surface area contributed by atoms with Gasteiger partial charge in [0, 0.05) is 6.42 Å². The predicted octanol–water partition coefficient (Wildman–Crippen LogP) is 4.98. The van der Waals surface area contributed by atoms with E-state index in [1.165, 1.54) is 0 Å². The molecule has 0 aliphatic heterocycles. The van der Waals surface area contributed by atoms with Gasteiger partial charge in [-0.1, -0.05) is 121 Å². The molecule has 342 valence electrons. The monoisotopic (exact) mass is 882 g/mol. The number of alkyl carbamates (subject to hydrolysis) is 1. The first-order chi connectivity index (χ1) is 30.7. The maximum atomic E-state index is 14.2. The van der Waals surface area contributed by atoms with Crippen LogP contribution in [0.25, 0.3) is 0 Å². The Morgan fingerprint density at radius 3 is 1.39 bits per heavy atom. The van der Waals surface area contributed by atoms with Gasteiger partial charge in [0.1, 0.15) is 36.4 Å². The molecule has 4 rings (SSSR count). The third-order valence-corrected chi connectivity index (χ3v) is 9.33. The number of carboxylic acid groups (broad SMARTS) is 1. The first-order valence-corrected chi connectivity index (χ1v) is 20.9. The fourth-order valence-corrected chi connectivity index (χ4v) is 5.97. The number of aliphatic carboxylic acids is 1. The van der Waals surface area contributed by atoms with Gasteiger partial charge in [0.25, 0.3) is 0 Å². The molecule has 0 aromatic heterocycles. The van der Waals surface area contributed by atoms with E-state index in [4.69, 9.17) is 23.7 Å². The highest BCUT2D eigenvalue weighted by Gasteiger charge is 2.35. The molecule has 0 aliphatic rings. The van der Waals surface area contributed by atoms with Crippen molar-refractivity contribution >= 4 is 35.8 Å². The Balaban J connectivity index is 1.54. The van der Waals surface area contributed by atoms with Crippen LogP contribution in [0, 0.1) is 0 Å². The Morgan fingerprint density at radius 2 is 0.953 bits per heavy atom. The van der Waals surface area contributed by atoms with Gasteiger partial charge in [0.2, 0.25) is 17.7 Å². The average molecular weight is 883 g/mol. The van der Waals surface area contributed by atoms with Crippen LogP contribution in [0.1, 0.15) is 62.8 Å². The molecule has 16 heteroatoms. The molecule has 4 aromatic carbocycles. The molecule has 0 bridgehead atoms. The topological polar surface area (TPSA) is 217 Å². The number of ether oxygens (including phenoxy) is 5. The predicted molar refractivity (Wildman–Crippen MR) is 235 cm³/mol. The van der Waals surface area contributed by atoms with Crippen molar-refractivity contribution in [2.75, 3.05) is 13.2 Å². The minimum absolute atomic E-state index is 0.0131. The van der Waals surface area contributed by atoms with Gasteiger partial charge < -0.3 is 50.1 Å². The van der Waals surface area contributed by atoms with Crippen molar-refractivity contribution in [3.8, 4) is 0 Å². The van der Waals surface area contributed by atoms with E-state index in [-0.39, 0.29) is 39.3 Å². The lowest BCUT2D eigenvalue weighted by molar-refractivity contribution is -0.147. The zero-order valence-corrected chi connectivity index (χ0v) is 36.5. The van der Waals surface area contributed by atoms with E-state index in [0.717, 1.165) is 22.3 Å². The van der Waals surface area contributed by atoms with Crippen molar-refractivity contribution in [3.63, 3.8) is 0 Å². The summed E-state index contributed by atoms with van der Waals surface area (Å²) in [5, 5.41) is 20.2. The molecule has 0 fully saturated rings. The number of nitrogens with one attached hydrogen (secondary N) is 4. The highest BCUT2D eigenvalue weighted by atomic mass is 16.6. The maximum Gasteiger partial charge on any atom is 0.408 e. The third-order valence-electron chi connectivity index (χ3n) is 9.33. The molecule has 0 heterocycles. The molecule has 16 nitrogen and oxygen atoms in total. The molecule has 0 spiro atoms. The van der Waals surface area contributed by atoms with Crippen LogP contribution in [-0.2, 0) is 74.1 Å². The van der Waals surface area contributed by atoms with E-state index in [1.54, 1.807) is 76.2 Å². The van der Waals surface area contributed by atoms with Gasteiger partial charge in [-0.2, -0.15) is 0 Å². The first kappa shape index (κ1) is 50.0. The number of carbonyl (C=O) groups excluding carboxylic acids is 5. The molecule has 64 heavy (non-hydrogen) atoms. The summed E-state index contributed by atoms with van der Waals surface area (Å²) in [6.07, 6.45) is -2.50. The molecule has 0 radical (unpaired) electrons. The lowest BCUT2D eigenvalue weighted by Crippen LogP contribution is -2.61. The van der Waals surface area contributed by atoms with Crippen molar-refractivity contribution < 1.29 is 57.6 Å². The van der Waals surface area contributed by atoms with E-state index < -0.39 is 84.8 Å². The second-order valence-corrected chi connectivity index (χ2v) is 15.8. The van der Waals surface area contributed by atoms with Crippen LogP contribution in [0.15, 0.2) is 121 Å². The number of esters is 1. The largest absolute Gasteiger partial charge is 0.480 e. The number of amides is 4. The van der Waals surface area contributed by atoms with Gasteiger partial charge in [0.15, 0.2) is 0 Å². The lowest BCUT2D eigenvalue weighted by Gasteiger charge is -2.29. The Morgan fingerprint density at radius 1 is 0.547 bits per heavy atom. The van der Waals surface area contributed by atoms with E-state index in [1.807, 2.05) is 72.8 Å². The number of benzene rings is 4. The summed E-state index contributed by atoms with van der Waals surface area (Å²) < 4.78 is 28.5. The molecule has 4 aromatic rings. The van der Waals surface area contributed by atoms with Gasteiger partial charge in [0.05, 0.1) is 39.1 Å². The van der Waals surface area contributed by atoms with Crippen molar-refractivity contribution in [2.45, 2.75) is 103 Å². The lowest BCUT2D eigenvalue weighted by atomic mass is 10.1. The molecular formula is C48H58N4O12. The van der Waals surface area contributed by atoms with E-state index in [9.17, 15) is 33.9 Å².